The second kappa shape index (κ2) is 5.16. The highest BCUT2D eigenvalue weighted by atomic mass is 79.9. The van der Waals surface area contributed by atoms with E-state index < -0.39 is 0 Å². The van der Waals surface area contributed by atoms with E-state index >= 15 is 0 Å². The molecule has 1 aliphatic heterocycles. The number of benzene rings is 1. The number of rotatable bonds is 3. The molecule has 0 unspecified atom stereocenters. The molecule has 0 bridgehead atoms. The summed E-state index contributed by atoms with van der Waals surface area (Å²) in [5.41, 5.74) is 0.969. The van der Waals surface area contributed by atoms with E-state index in [2.05, 4.69) is 31.3 Å². The molecule has 0 N–H and O–H groups in total. The lowest BCUT2D eigenvalue weighted by Crippen LogP contribution is -2.17. The van der Waals surface area contributed by atoms with Crippen LogP contribution in [0.2, 0.25) is 0 Å². The first kappa shape index (κ1) is 11.8. The second-order valence-corrected chi connectivity index (χ2v) is 5.23. The van der Waals surface area contributed by atoms with Crippen molar-refractivity contribution < 1.29 is 4.74 Å². The Balaban J connectivity index is 1.74. The molecule has 1 aliphatic rings. The Bertz CT molecular complexity index is 519. The molecule has 94 valence electrons. The van der Waals surface area contributed by atoms with E-state index in [0.29, 0.717) is 12.4 Å². The van der Waals surface area contributed by atoms with Gasteiger partial charge >= 0.3 is 0 Å². The smallest absolute Gasteiger partial charge is 0.204 e. The molecule has 1 atom stereocenters. The van der Waals surface area contributed by atoms with Crippen LogP contribution in [0.4, 0.5) is 0 Å². The van der Waals surface area contributed by atoms with Gasteiger partial charge in [0.1, 0.15) is 0 Å². The van der Waals surface area contributed by atoms with Gasteiger partial charge in [-0.2, -0.15) is 4.80 Å². The Morgan fingerprint density at radius 3 is 2.89 bits per heavy atom. The Morgan fingerprint density at radius 1 is 1.33 bits per heavy atom. The van der Waals surface area contributed by atoms with Crippen molar-refractivity contribution in [3.8, 4) is 11.4 Å². The summed E-state index contributed by atoms with van der Waals surface area (Å²) < 4.78 is 6.59. The van der Waals surface area contributed by atoms with E-state index in [4.69, 9.17) is 4.74 Å². The Morgan fingerprint density at radius 2 is 2.17 bits per heavy atom. The van der Waals surface area contributed by atoms with Crippen molar-refractivity contribution in [2.45, 2.75) is 25.5 Å². The molecule has 1 aromatic heterocycles. The van der Waals surface area contributed by atoms with E-state index in [-0.39, 0.29) is 6.10 Å². The van der Waals surface area contributed by atoms with Gasteiger partial charge in [-0.05, 0) is 42.3 Å². The van der Waals surface area contributed by atoms with Crippen LogP contribution in [0.15, 0.2) is 28.7 Å². The summed E-state index contributed by atoms with van der Waals surface area (Å²) in [6.45, 7) is 1.53. The molecule has 0 radical (unpaired) electrons. The monoisotopic (exact) mass is 308 g/mol. The molecular weight excluding hydrogens is 296 g/mol. The van der Waals surface area contributed by atoms with Crippen LogP contribution in [0.25, 0.3) is 11.4 Å². The molecule has 6 heteroatoms. The Labute approximate surface area is 113 Å². The zero-order chi connectivity index (χ0) is 12.4. The zero-order valence-electron chi connectivity index (χ0n) is 9.79. The molecule has 0 amide bonds. The van der Waals surface area contributed by atoms with Crippen molar-refractivity contribution in [3.63, 3.8) is 0 Å². The van der Waals surface area contributed by atoms with Gasteiger partial charge in [-0.3, -0.25) is 0 Å². The maximum absolute atomic E-state index is 5.55. The van der Waals surface area contributed by atoms with Crippen LogP contribution in [-0.4, -0.2) is 32.9 Å². The average molecular weight is 309 g/mol. The first-order chi connectivity index (χ1) is 8.81. The number of ether oxygens (including phenoxy) is 1. The predicted molar refractivity (Wildman–Crippen MR) is 69.9 cm³/mol. The van der Waals surface area contributed by atoms with Crippen LogP contribution in [0.5, 0.6) is 0 Å². The summed E-state index contributed by atoms with van der Waals surface area (Å²) in [7, 11) is 0. The van der Waals surface area contributed by atoms with Crippen LogP contribution in [-0.2, 0) is 11.3 Å². The highest BCUT2D eigenvalue weighted by molar-refractivity contribution is 9.10. The molecule has 5 nitrogen and oxygen atoms in total. The van der Waals surface area contributed by atoms with Gasteiger partial charge in [-0.15, -0.1) is 10.2 Å². The molecule has 0 saturated carbocycles. The van der Waals surface area contributed by atoms with Crippen LogP contribution in [0.3, 0.4) is 0 Å². The molecule has 0 spiro atoms. The summed E-state index contributed by atoms with van der Waals surface area (Å²) in [6, 6.07) is 7.88. The summed E-state index contributed by atoms with van der Waals surface area (Å²) >= 11 is 3.40. The van der Waals surface area contributed by atoms with Gasteiger partial charge in [-0.25, -0.2) is 0 Å². The SMILES string of the molecule is Brc1ccc(-c2nnn(C[C@@H]3CCCO3)n2)cc1. The fraction of sp³-hybridized carbons (Fsp3) is 0.417. The summed E-state index contributed by atoms with van der Waals surface area (Å²) in [6.07, 6.45) is 2.44. The topological polar surface area (TPSA) is 52.8 Å². The number of nitrogens with zero attached hydrogens (tertiary/aromatic N) is 4. The quantitative estimate of drug-likeness (QED) is 0.873. The van der Waals surface area contributed by atoms with Gasteiger partial charge in [0, 0.05) is 16.6 Å². The van der Waals surface area contributed by atoms with E-state index in [1.54, 1.807) is 4.80 Å². The summed E-state index contributed by atoms with van der Waals surface area (Å²) in [5, 5.41) is 12.5. The maximum Gasteiger partial charge on any atom is 0.204 e. The number of hydrogen-bond acceptors (Lipinski definition) is 4. The average Bonchev–Trinajstić information content (AvgIpc) is 3.02. The summed E-state index contributed by atoms with van der Waals surface area (Å²) in [5.74, 6) is 0.653. The second-order valence-electron chi connectivity index (χ2n) is 4.31. The molecule has 0 aliphatic carbocycles. The zero-order valence-corrected chi connectivity index (χ0v) is 11.4. The van der Waals surface area contributed by atoms with Crippen molar-refractivity contribution in [1.82, 2.24) is 20.2 Å². The number of tetrazole rings is 1. The third kappa shape index (κ3) is 2.59. The maximum atomic E-state index is 5.55. The van der Waals surface area contributed by atoms with Gasteiger partial charge in [-0.1, -0.05) is 15.9 Å². The van der Waals surface area contributed by atoms with Gasteiger partial charge in [0.05, 0.1) is 12.6 Å². The fourth-order valence-corrected chi connectivity index (χ4v) is 2.27. The van der Waals surface area contributed by atoms with Crippen LogP contribution in [0.1, 0.15) is 12.8 Å². The molecule has 18 heavy (non-hydrogen) atoms. The number of aromatic nitrogens is 4. The molecule has 2 aromatic rings. The van der Waals surface area contributed by atoms with Crippen LogP contribution in [0, 0.1) is 0 Å². The Hall–Kier alpha value is -1.27. The summed E-state index contributed by atoms with van der Waals surface area (Å²) in [4.78, 5) is 1.62. The third-order valence-electron chi connectivity index (χ3n) is 2.95. The van der Waals surface area contributed by atoms with Gasteiger partial charge in [0.2, 0.25) is 5.82 Å². The molecule has 2 heterocycles. The molecule has 3 rings (SSSR count). The van der Waals surface area contributed by atoms with Crippen molar-refractivity contribution in [1.29, 1.82) is 0 Å². The first-order valence-corrected chi connectivity index (χ1v) is 6.76. The lowest BCUT2D eigenvalue weighted by molar-refractivity contribution is 0.0898. The molecule has 1 aromatic carbocycles. The standard InChI is InChI=1S/C12H13BrN4O/c13-10-5-3-9(4-6-10)12-14-16-17(15-12)8-11-2-1-7-18-11/h3-6,11H,1-2,7-8H2/t11-/m0/s1. The first-order valence-electron chi connectivity index (χ1n) is 5.96. The van der Waals surface area contributed by atoms with Crippen molar-refractivity contribution in [2.75, 3.05) is 6.61 Å². The fourth-order valence-electron chi connectivity index (χ4n) is 2.01. The van der Waals surface area contributed by atoms with Crippen molar-refractivity contribution in [2.24, 2.45) is 0 Å². The van der Waals surface area contributed by atoms with Crippen LogP contribution < -0.4 is 0 Å². The number of hydrogen-bond donors (Lipinski definition) is 0. The normalized spacial score (nSPS) is 19.3. The van der Waals surface area contributed by atoms with E-state index in [1.165, 1.54) is 0 Å². The lowest BCUT2D eigenvalue weighted by atomic mass is 10.2. The largest absolute Gasteiger partial charge is 0.376 e. The number of halogens is 1. The highest BCUT2D eigenvalue weighted by Crippen LogP contribution is 2.18. The Kier molecular flexibility index (Phi) is 3.38. The lowest BCUT2D eigenvalue weighted by Gasteiger charge is -2.06. The molecular formula is C12H13BrN4O. The third-order valence-corrected chi connectivity index (χ3v) is 3.47. The van der Waals surface area contributed by atoms with E-state index in [0.717, 1.165) is 29.5 Å². The molecule has 1 saturated heterocycles. The minimum atomic E-state index is 0.233. The van der Waals surface area contributed by atoms with Gasteiger partial charge in [0.25, 0.3) is 0 Å². The van der Waals surface area contributed by atoms with Crippen molar-refractivity contribution in [3.05, 3.63) is 28.7 Å². The predicted octanol–water partition coefficient (Wildman–Crippen LogP) is 2.28. The van der Waals surface area contributed by atoms with E-state index in [9.17, 15) is 0 Å². The van der Waals surface area contributed by atoms with Gasteiger partial charge in [0.15, 0.2) is 0 Å². The van der Waals surface area contributed by atoms with Crippen molar-refractivity contribution >= 4 is 15.9 Å². The van der Waals surface area contributed by atoms with E-state index in [1.807, 2.05) is 24.3 Å². The van der Waals surface area contributed by atoms with Crippen LogP contribution >= 0.6 is 15.9 Å². The van der Waals surface area contributed by atoms with Gasteiger partial charge < -0.3 is 4.74 Å². The minimum Gasteiger partial charge on any atom is -0.376 e. The minimum absolute atomic E-state index is 0.233. The molecule has 1 fully saturated rings. The highest BCUT2D eigenvalue weighted by Gasteiger charge is 2.17.